The van der Waals surface area contributed by atoms with E-state index in [4.69, 9.17) is 5.11 Å². The number of hydrogen-bond acceptors (Lipinski definition) is 4. The third kappa shape index (κ3) is 3.69. The number of aromatic amines is 1. The molecule has 0 spiro atoms. The molecule has 0 amide bonds. The summed E-state index contributed by atoms with van der Waals surface area (Å²) in [5.41, 5.74) is 0.566. The lowest BCUT2D eigenvalue weighted by Crippen LogP contribution is -2.13. The molecule has 0 aliphatic rings. The van der Waals surface area contributed by atoms with Crippen LogP contribution in [0.15, 0.2) is 33.5 Å². The van der Waals surface area contributed by atoms with Gasteiger partial charge in [-0.25, -0.2) is 9.78 Å². The van der Waals surface area contributed by atoms with E-state index in [9.17, 15) is 9.59 Å². The van der Waals surface area contributed by atoms with Crippen LogP contribution in [-0.4, -0.2) is 21.0 Å². The van der Waals surface area contributed by atoms with Gasteiger partial charge in [0.2, 0.25) is 0 Å². The van der Waals surface area contributed by atoms with Crippen LogP contribution in [-0.2, 0) is 0 Å². The predicted molar refractivity (Wildman–Crippen MR) is 83.3 cm³/mol. The summed E-state index contributed by atoms with van der Waals surface area (Å²) in [5, 5.41) is 11.9. The molecule has 1 aromatic heterocycles. The van der Waals surface area contributed by atoms with Crippen molar-refractivity contribution in [3.8, 4) is 0 Å². The Hall–Kier alpha value is -2.15. The van der Waals surface area contributed by atoms with Gasteiger partial charge in [0.1, 0.15) is 11.6 Å². The molecule has 0 atom stereocenters. The highest BCUT2D eigenvalue weighted by Crippen LogP contribution is 2.26. The van der Waals surface area contributed by atoms with E-state index in [0.29, 0.717) is 21.8 Å². The van der Waals surface area contributed by atoms with E-state index in [1.807, 2.05) is 13.8 Å². The smallest absolute Gasteiger partial charge is 0.335 e. The fourth-order valence-electron chi connectivity index (χ4n) is 1.70. The zero-order chi connectivity index (χ0) is 15.6. The lowest BCUT2D eigenvalue weighted by Gasteiger charge is -2.10. The Balaban J connectivity index is 2.34. The molecule has 110 valence electrons. The Morgan fingerprint density at radius 2 is 2.10 bits per heavy atom. The molecule has 1 aromatic carbocycles. The van der Waals surface area contributed by atoms with Crippen LogP contribution in [0.3, 0.4) is 0 Å². The van der Waals surface area contributed by atoms with Crippen LogP contribution < -0.4 is 10.9 Å². The summed E-state index contributed by atoms with van der Waals surface area (Å²) >= 11 is 3.30. The lowest BCUT2D eigenvalue weighted by molar-refractivity contribution is 0.0697. The Kier molecular flexibility index (Phi) is 4.42. The van der Waals surface area contributed by atoms with E-state index < -0.39 is 5.97 Å². The Morgan fingerprint density at radius 1 is 1.38 bits per heavy atom. The molecule has 0 unspecified atom stereocenters. The second-order valence-electron chi connectivity index (χ2n) is 4.80. The van der Waals surface area contributed by atoms with Gasteiger partial charge in [-0.1, -0.05) is 13.8 Å². The average Bonchev–Trinajstić information content (AvgIpc) is 2.40. The largest absolute Gasteiger partial charge is 0.478 e. The van der Waals surface area contributed by atoms with Gasteiger partial charge in [0.05, 0.1) is 11.3 Å². The molecule has 1 heterocycles. The number of aromatic nitrogens is 2. The number of aromatic carboxylic acids is 1. The fourth-order valence-corrected chi connectivity index (χ4v) is 2.18. The van der Waals surface area contributed by atoms with Crippen molar-refractivity contribution in [3.05, 3.63) is 50.5 Å². The van der Waals surface area contributed by atoms with Crippen molar-refractivity contribution >= 4 is 33.4 Å². The topological polar surface area (TPSA) is 95.1 Å². The zero-order valence-corrected chi connectivity index (χ0v) is 13.1. The SMILES string of the molecule is CC(C)c1nc(Nc2ccc(C(=O)O)cc2Br)cc(=O)[nH]1. The van der Waals surface area contributed by atoms with Gasteiger partial charge in [0.25, 0.3) is 5.56 Å². The molecule has 2 aromatic rings. The summed E-state index contributed by atoms with van der Waals surface area (Å²) in [4.78, 5) is 29.5. The van der Waals surface area contributed by atoms with Crippen molar-refractivity contribution in [1.82, 2.24) is 9.97 Å². The first-order valence-corrected chi connectivity index (χ1v) is 7.07. The molecule has 3 N–H and O–H groups in total. The number of hydrogen-bond donors (Lipinski definition) is 3. The van der Waals surface area contributed by atoms with E-state index in [-0.39, 0.29) is 17.0 Å². The predicted octanol–water partition coefficient (Wildman–Crippen LogP) is 3.10. The quantitative estimate of drug-likeness (QED) is 0.786. The first-order chi connectivity index (χ1) is 9.86. The standard InChI is InChI=1S/C14H14BrN3O3/c1-7(2)13-17-11(6-12(19)18-13)16-10-4-3-8(14(20)21)5-9(10)15/h3-7H,1-2H3,(H,20,21)(H2,16,17,18,19). The van der Waals surface area contributed by atoms with Crippen molar-refractivity contribution in [2.75, 3.05) is 5.32 Å². The first-order valence-electron chi connectivity index (χ1n) is 6.28. The average molecular weight is 352 g/mol. The number of carbonyl (C=O) groups is 1. The summed E-state index contributed by atoms with van der Waals surface area (Å²) in [6, 6.07) is 5.93. The fraction of sp³-hybridized carbons (Fsp3) is 0.214. The van der Waals surface area contributed by atoms with Crippen LogP contribution in [0, 0.1) is 0 Å². The second-order valence-corrected chi connectivity index (χ2v) is 5.65. The highest BCUT2D eigenvalue weighted by atomic mass is 79.9. The van der Waals surface area contributed by atoms with E-state index in [1.54, 1.807) is 6.07 Å². The normalized spacial score (nSPS) is 10.7. The van der Waals surface area contributed by atoms with Gasteiger partial charge >= 0.3 is 5.97 Å². The third-order valence-electron chi connectivity index (χ3n) is 2.79. The maximum Gasteiger partial charge on any atom is 0.335 e. The Labute approximate surface area is 129 Å². The van der Waals surface area contributed by atoms with Gasteiger partial charge in [-0.15, -0.1) is 0 Å². The molecule has 21 heavy (non-hydrogen) atoms. The third-order valence-corrected chi connectivity index (χ3v) is 3.44. The van der Waals surface area contributed by atoms with Gasteiger partial charge in [-0.05, 0) is 34.1 Å². The van der Waals surface area contributed by atoms with Crippen LogP contribution in [0.2, 0.25) is 0 Å². The highest BCUT2D eigenvalue weighted by molar-refractivity contribution is 9.10. The first kappa shape index (κ1) is 15.2. The number of benzene rings is 1. The highest BCUT2D eigenvalue weighted by Gasteiger charge is 2.09. The molecule has 0 bridgehead atoms. The number of halogens is 1. The van der Waals surface area contributed by atoms with E-state index in [2.05, 4.69) is 31.2 Å². The number of nitrogens with zero attached hydrogens (tertiary/aromatic N) is 1. The Morgan fingerprint density at radius 3 is 2.67 bits per heavy atom. The van der Waals surface area contributed by atoms with Crippen molar-refractivity contribution in [3.63, 3.8) is 0 Å². The van der Waals surface area contributed by atoms with Gasteiger partial charge in [0, 0.05) is 16.5 Å². The molecular formula is C14H14BrN3O3. The summed E-state index contributed by atoms with van der Waals surface area (Å²) in [6.07, 6.45) is 0. The maximum absolute atomic E-state index is 11.6. The van der Waals surface area contributed by atoms with Crippen LogP contribution in [0.5, 0.6) is 0 Å². The molecular weight excluding hydrogens is 338 g/mol. The molecule has 6 nitrogen and oxygen atoms in total. The Bertz CT molecular complexity index is 740. The minimum absolute atomic E-state index is 0.0947. The van der Waals surface area contributed by atoms with Crippen molar-refractivity contribution in [1.29, 1.82) is 0 Å². The minimum atomic E-state index is -1.00. The molecule has 0 saturated carbocycles. The molecule has 7 heteroatoms. The number of carboxylic acid groups (broad SMARTS) is 1. The van der Waals surface area contributed by atoms with Gasteiger partial charge in [-0.3, -0.25) is 4.79 Å². The maximum atomic E-state index is 11.6. The summed E-state index contributed by atoms with van der Waals surface area (Å²) in [5.74, 6) is 0.0883. The van der Waals surface area contributed by atoms with Crippen LogP contribution in [0.1, 0.15) is 35.9 Å². The molecule has 0 radical (unpaired) electrons. The summed E-state index contributed by atoms with van der Waals surface area (Å²) in [7, 11) is 0. The van der Waals surface area contributed by atoms with Crippen LogP contribution >= 0.6 is 15.9 Å². The molecule has 0 fully saturated rings. The number of H-pyrrole nitrogens is 1. The molecule has 0 aliphatic carbocycles. The monoisotopic (exact) mass is 351 g/mol. The van der Waals surface area contributed by atoms with E-state index in [1.165, 1.54) is 18.2 Å². The summed E-state index contributed by atoms with van der Waals surface area (Å²) in [6.45, 7) is 3.86. The molecule has 0 saturated heterocycles. The van der Waals surface area contributed by atoms with E-state index in [0.717, 1.165) is 0 Å². The number of rotatable bonds is 4. The van der Waals surface area contributed by atoms with Gasteiger partial charge in [-0.2, -0.15) is 0 Å². The van der Waals surface area contributed by atoms with Gasteiger partial charge < -0.3 is 15.4 Å². The number of carboxylic acids is 1. The molecule has 2 rings (SSSR count). The van der Waals surface area contributed by atoms with Crippen molar-refractivity contribution in [2.45, 2.75) is 19.8 Å². The number of nitrogens with one attached hydrogen (secondary N) is 2. The van der Waals surface area contributed by atoms with Gasteiger partial charge in [0.15, 0.2) is 0 Å². The van der Waals surface area contributed by atoms with Crippen LogP contribution in [0.4, 0.5) is 11.5 Å². The van der Waals surface area contributed by atoms with Crippen molar-refractivity contribution < 1.29 is 9.90 Å². The zero-order valence-electron chi connectivity index (χ0n) is 11.5. The van der Waals surface area contributed by atoms with Crippen molar-refractivity contribution in [2.24, 2.45) is 0 Å². The second kappa shape index (κ2) is 6.09. The van der Waals surface area contributed by atoms with Crippen LogP contribution in [0.25, 0.3) is 0 Å². The number of anilines is 2. The lowest BCUT2D eigenvalue weighted by atomic mass is 10.2. The van der Waals surface area contributed by atoms with E-state index >= 15 is 0 Å². The minimum Gasteiger partial charge on any atom is -0.478 e. The summed E-state index contributed by atoms with van der Waals surface area (Å²) < 4.78 is 0.579. The molecule has 0 aliphatic heterocycles.